The van der Waals surface area contributed by atoms with Gasteiger partial charge in [0.05, 0.1) is 11.4 Å². The number of benzene rings is 1. The Morgan fingerprint density at radius 2 is 1.57 bits per heavy atom. The number of hydrogen-bond donors (Lipinski definition) is 0. The maximum absolute atomic E-state index is 13.0. The SMILES string of the molecule is O=C1CCCN1C(=O)CN1CCN(S(=O)(=O)c2ccc(C3CCCCC3)cc2)CC1. The molecule has 0 atom stereocenters. The quantitative estimate of drug-likeness (QED) is 0.711. The van der Waals surface area contributed by atoms with E-state index in [1.165, 1.54) is 46.9 Å². The maximum atomic E-state index is 13.0. The van der Waals surface area contributed by atoms with Gasteiger partial charge < -0.3 is 0 Å². The largest absolute Gasteiger partial charge is 0.292 e. The van der Waals surface area contributed by atoms with Gasteiger partial charge in [-0.05, 0) is 42.9 Å². The minimum absolute atomic E-state index is 0.0992. The molecular formula is C22H31N3O4S. The Kier molecular flexibility index (Phi) is 6.55. The first kappa shape index (κ1) is 21.5. The molecule has 0 aromatic heterocycles. The number of carbonyl (C=O) groups is 2. The molecule has 0 radical (unpaired) electrons. The van der Waals surface area contributed by atoms with Crippen molar-refractivity contribution in [1.82, 2.24) is 14.1 Å². The number of carbonyl (C=O) groups excluding carboxylic acids is 2. The highest BCUT2D eigenvalue weighted by Crippen LogP contribution is 2.33. The summed E-state index contributed by atoms with van der Waals surface area (Å²) in [5, 5.41) is 0. The standard InChI is InChI=1S/C22H31N3O4S/c26-21-7-4-12-25(21)22(27)17-23-13-15-24(16-14-23)30(28,29)20-10-8-19(9-11-20)18-5-2-1-3-6-18/h8-11,18H,1-7,12-17H2. The molecule has 3 fully saturated rings. The van der Waals surface area contributed by atoms with E-state index in [0.29, 0.717) is 50.0 Å². The Balaban J connectivity index is 1.33. The van der Waals surface area contributed by atoms with Crippen LogP contribution in [0.4, 0.5) is 0 Å². The number of hydrogen-bond acceptors (Lipinski definition) is 5. The minimum Gasteiger partial charge on any atom is -0.292 e. The number of amides is 2. The first-order valence-electron chi connectivity index (χ1n) is 11.1. The normalized spacial score (nSPS) is 22.5. The van der Waals surface area contributed by atoms with Crippen LogP contribution in [0.25, 0.3) is 0 Å². The summed E-state index contributed by atoms with van der Waals surface area (Å²) in [7, 11) is -3.53. The van der Waals surface area contributed by atoms with E-state index < -0.39 is 10.0 Å². The summed E-state index contributed by atoms with van der Waals surface area (Å²) in [6.45, 7) is 2.38. The van der Waals surface area contributed by atoms with Crippen molar-refractivity contribution in [3.05, 3.63) is 29.8 Å². The first-order valence-corrected chi connectivity index (χ1v) is 12.5. The molecule has 0 spiro atoms. The van der Waals surface area contributed by atoms with E-state index in [4.69, 9.17) is 0 Å². The molecule has 2 saturated heterocycles. The van der Waals surface area contributed by atoms with E-state index in [1.54, 1.807) is 12.1 Å². The molecule has 30 heavy (non-hydrogen) atoms. The first-order chi connectivity index (χ1) is 14.4. The summed E-state index contributed by atoms with van der Waals surface area (Å²) in [5.74, 6) is 0.282. The second-order valence-electron chi connectivity index (χ2n) is 8.63. The average Bonchev–Trinajstić information content (AvgIpc) is 3.21. The summed E-state index contributed by atoms with van der Waals surface area (Å²) in [6, 6.07) is 7.44. The maximum Gasteiger partial charge on any atom is 0.243 e. The van der Waals surface area contributed by atoms with Crippen LogP contribution in [-0.4, -0.2) is 73.6 Å². The van der Waals surface area contributed by atoms with Crippen LogP contribution in [0.5, 0.6) is 0 Å². The molecule has 1 saturated carbocycles. The molecule has 3 aliphatic rings. The number of imide groups is 1. The Hall–Kier alpha value is -1.77. The van der Waals surface area contributed by atoms with Crippen molar-refractivity contribution in [3.8, 4) is 0 Å². The van der Waals surface area contributed by atoms with Crippen molar-refractivity contribution in [3.63, 3.8) is 0 Å². The van der Waals surface area contributed by atoms with Gasteiger partial charge in [-0.2, -0.15) is 4.31 Å². The molecule has 0 bridgehead atoms. The lowest BCUT2D eigenvalue weighted by Gasteiger charge is -2.34. The fourth-order valence-corrected chi connectivity index (χ4v) is 6.24. The molecule has 1 aliphatic carbocycles. The van der Waals surface area contributed by atoms with E-state index in [2.05, 4.69) is 0 Å². The van der Waals surface area contributed by atoms with E-state index in [1.807, 2.05) is 17.0 Å². The van der Waals surface area contributed by atoms with Gasteiger partial charge in [-0.3, -0.25) is 19.4 Å². The molecule has 7 nitrogen and oxygen atoms in total. The number of sulfonamides is 1. The molecule has 1 aromatic rings. The van der Waals surface area contributed by atoms with E-state index in [-0.39, 0.29) is 18.4 Å². The highest BCUT2D eigenvalue weighted by molar-refractivity contribution is 7.89. The van der Waals surface area contributed by atoms with Gasteiger partial charge in [0.25, 0.3) is 0 Å². The summed E-state index contributed by atoms with van der Waals surface area (Å²) in [5.41, 5.74) is 1.24. The Labute approximate surface area is 179 Å². The van der Waals surface area contributed by atoms with E-state index in [0.717, 1.165) is 6.42 Å². The lowest BCUT2D eigenvalue weighted by molar-refractivity contribution is -0.142. The summed E-state index contributed by atoms with van der Waals surface area (Å²) in [4.78, 5) is 27.6. The lowest BCUT2D eigenvalue weighted by atomic mass is 9.84. The number of likely N-dealkylation sites (tertiary alicyclic amines) is 1. The predicted molar refractivity (Wildman–Crippen MR) is 113 cm³/mol. The smallest absolute Gasteiger partial charge is 0.243 e. The lowest BCUT2D eigenvalue weighted by Crippen LogP contribution is -2.51. The molecular weight excluding hydrogens is 402 g/mol. The zero-order chi connectivity index (χ0) is 21.1. The highest BCUT2D eigenvalue weighted by Gasteiger charge is 2.32. The van der Waals surface area contributed by atoms with Crippen LogP contribution in [0, 0.1) is 0 Å². The molecule has 1 aromatic carbocycles. The monoisotopic (exact) mass is 433 g/mol. The van der Waals surface area contributed by atoms with Crippen LogP contribution in [0.15, 0.2) is 29.2 Å². The van der Waals surface area contributed by atoms with Gasteiger partial charge in [-0.25, -0.2) is 8.42 Å². The fraction of sp³-hybridized carbons (Fsp3) is 0.636. The molecule has 0 N–H and O–H groups in total. The van der Waals surface area contributed by atoms with Crippen LogP contribution in [-0.2, 0) is 19.6 Å². The van der Waals surface area contributed by atoms with Crippen LogP contribution < -0.4 is 0 Å². The van der Waals surface area contributed by atoms with Gasteiger partial charge in [0, 0.05) is 39.1 Å². The number of rotatable bonds is 5. The van der Waals surface area contributed by atoms with Crippen molar-refractivity contribution >= 4 is 21.8 Å². The van der Waals surface area contributed by atoms with E-state index in [9.17, 15) is 18.0 Å². The second kappa shape index (κ2) is 9.16. The third kappa shape index (κ3) is 4.60. The number of nitrogens with zero attached hydrogens (tertiary/aromatic N) is 3. The zero-order valence-electron chi connectivity index (χ0n) is 17.5. The molecule has 2 heterocycles. The van der Waals surface area contributed by atoms with Gasteiger partial charge in [0.1, 0.15) is 0 Å². The molecule has 2 aliphatic heterocycles. The Morgan fingerprint density at radius 1 is 0.900 bits per heavy atom. The molecule has 4 rings (SSSR count). The van der Waals surface area contributed by atoms with Crippen molar-refractivity contribution in [2.24, 2.45) is 0 Å². The zero-order valence-corrected chi connectivity index (χ0v) is 18.3. The summed E-state index contributed by atoms with van der Waals surface area (Å²) >= 11 is 0. The van der Waals surface area contributed by atoms with E-state index >= 15 is 0 Å². The molecule has 8 heteroatoms. The van der Waals surface area contributed by atoms with Crippen LogP contribution in [0.1, 0.15) is 56.4 Å². The summed E-state index contributed by atoms with van der Waals surface area (Å²) in [6.07, 6.45) is 7.36. The van der Waals surface area contributed by atoms with Crippen molar-refractivity contribution in [1.29, 1.82) is 0 Å². The van der Waals surface area contributed by atoms with Gasteiger partial charge in [0.15, 0.2) is 0 Å². The van der Waals surface area contributed by atoms with Gasteiger partial charge in [0.2, 0.25) is 21.8 Å². The third-order valence-electron chi connectivity index (χ3n) is 6.66. The molecule has 164 valence electrons. The van der Waals surface area contributed by atoms with Gasteiger partial charge in [-0.15, -0.1) is 0 Å². The van der Waals surface area contributed by atoms with Crippen LogP contribution >= 0.6 is 0 Å². The highest BCUT2D eigenvalue weighted by atomic mass is 32.2. The van der Waals surface area contributed by atoms with Crippen molar-refractivity contribution in [2.45, 2.75) is 55.8 Å². The van der Waals surface area contributed by atoms with Crippen molar-refractivity contribution in [2.75, 3.05) is 39.3 Å². The Bertz CT molecular complexity index is 870. The predicted octanol–water partition coefficient (Wildman–Crippen LogP) is 2.19. The summed E-state index contributed by atoms with van der Waals surface area (Å²) < 4.78 is 27.6. The molecule has 0 unspecified atom stereocenters. The van der Waals surface area contributed by atoms with Gasteiger partial charge in [-0.1, -0.05) is 31.4 Å². The van der Waals surface area contributed by atoms with Crippen LogP contribution in [0.2, 0.25) is 0 Å². The fourth-order valence-electron chi connectivity index (χ4n) is 4.81. The average molecular weight is 434 g/mol. The minimum atomic E-state index is -3.53. The third-order valence-corrected chi connectivity index (χ3v) is 8.57. The number of piperazine rings is 1. The molecule has 2 amide bonds. The second-order valence-corrected chi connectivity index (χ2v) is 10.6. The van der Waals surface area contributed by atoms with Crippen molar-refractivity contribution < 1.29 is 18.0 Å². The van der Waals surface area contributed by atoms with Crippen LogP contribution in [0.3, 0.4) is 0 Å². The van der Waals surface area contributed by atoms with Gasteiger partial charge >= 0.3 is 0 Å². The topological polar surface area (TPSA) is 78.0 Å². The Morgan fingerprint density at radius 3 is 2.17 bits per heavy atom.